The number of aryl methyl sites for hydroxylation is 1. The highest BCUT2D eigenvalue weighted by molar-refractivity contribution is 5.88. The quantitative estimate of drug-likeness (QED) is 0.924. The van der Waals surface area contributed by atoms with Gasteiger partial charge in [-0.05, 0) is 19.4 Å². The van der Waals surface area contributed by atoms with Crippen molar-refractivity contribution in [2.24, 2.45) is 0 Å². The van der Waals surface area contributed by atoms with Crippen LogP contribution in [0, 0.1) is 0 Å². The van der Waals surface area contributed by atoms with Gasteiger partial charge in [0, 0.05) is 29.8 Å². The number of aliphatic hydroxyl groups excluding tert-OH is 1. The lowest BCUT2D eigenvalue weighted by Gasteiger charge is -2.19. The van der Waals surface area contributed by atoms with Crippen LogP contribution >= 0.6 is 0 Å². The fraction of sp³-hybridized carbons (Fsp3) is 0.467. The molecule has 0 fully saturated rings. The van der Waals surface area contributed by atoms with Crippen LogP contribution in [0.1, 0.15) is 31.9 Å². The number of rotatable bonds is 3. The molecule has 0 saturated heterocycles. The third kappa shape index (κ3) is 2.06. The minimum atomic E-state index is -0.483. The first-order valence-corrected chi connectivity index (χ1v) is 6.81. The third-order valence-corrected chi connectivity index (χ3v) is 3.49. The van der Waals surface area contributed by atoms with E-state index in [0.29, 0.717) is 13.2 Å². The minimum Gasteiger partial charge on any atom is -0.486 e. The Morgan fingerprint density at radius 2 is 1.95 bits per heavy atom. The second-order valence-electron chi connectivity index (χ2n) is 4.97. The molecule has 1 aromatic carbocycles. The zero-order valence-electron chi connectivity index (χ0n) is 11.3. The third-order valence-electron chi connectivity index (χ3n) is 3.49. The lowest BCUT2D eigenvalue weighted by Crippen LogP contribution is -2.15. The van der Waals surface area contributed by atoms with Crippen LogP contribution in [0.15, 0.2) is 18.3 Å². The van der Waals surface area contributed by atoms with E-state index in [-0.39, 0.29) is 0 Å². The summed E-state index contributed by atoms with van der Waals surface area (Å²) in [6, 6.07) is 4.00. The summed E-state index contributed by atoms with van der Waals surface area (Å²) in [5.41, 5.74) is 2.04. The molecule has 102 valence electrons. The van der Waals surface area contributed by atoms with E-state index in [4.69, 9.17) is 9.47 Å². The van der Waals surface area contributed by atoms with Gasteiger partial charge >= 0.3 is 0 Å². The van der Waals surface area contributed by atoms with Gasteiger partial charge in [0.05, 0.1) is 11.6 Å². The zero-order valence-corrected chi connectivity index (χ0v) is 11.3. The molecule has 4 nitrogen and oxygen atoms in total. The normalized spacial score (nSPS) is 15.7. The predicted molar refractivity (Wildman–Crippen MR) is 73.9 cm³/mol. The first-order chi connectivity index (χ1) is 9.20. The molecule has 2 heterocycles. The second kappa shape index (κ2) is 4.78. The summed E-state index contributed by atoms with van der Waals surface area (Å²) in [5.74, 6) is 1.57. The van der Waals surface area contributed by atoms with Crippen LogP contribution in [0.25, 0.3) is 10.9 Å². The number of benzene rings is 1. The molecule has 1 atom stereocenters. The van der Waals surface area contributed by atoms with Crippen LogP contribution in [-0.2, 0) is 6.54 Å². The molecule has 4 heteroatoms. The minimum absolute atomic E-state index is 0.483. The summed E-state index contributed by atoms with van der Waals surface area (Å²) < 4.78 is 13.4. The fourth-order valence-electron chi connectivity index (χ4n) is 2.61. The average molecular weight is 261 g/mol. The van der Waals surface area contributed by atoms with Crippen LogP contribution in [-0.4, -0.2) is 22.9 Å². The first-order valence-electron chi connectivity index (χ1n) is 6.81. The summed E-state index contributed by atoms with van der Waals surface area (Å²) >= 11 is 0. The number of hydrogen-bond acceptors (Lipinski definition) is 3. The lowest BCUT2D eigenvalue weighted by atomic mass is 10.1. The van der Waals surface area contributed by atoms with E-state index in [0.717, 1.165) is 40.9 Å². The maximum absolute atomic E-state index is 9.92. The molecule has 0 bridgehead atoms. The van der Waals surface area contributed by atoms with Gasteiger partial charge in [0.15, 0.2) is 11.5 Å². The van der Waals surface area contributed by atoms with Crippen molar-refractivity contribution in [1.82, 2.24) is 4.57 Å². The Morgan fingerprint density at radius 3 is 2.58 bits per heavy atom. The topological polar surface area (TPSA) is 43.6 Å². The maximum Gasteiger partial charge on any atom is 0.163 e. The molecular formula is C15H19NO3. The summed E-state index contributed by atoms with van der Waals surface area (Å²) in [6.07, 6.45) is 2.60. The van der Waals surface area contributed by atoms with Gasteiger partial charge in [0.2, 0.25) is 0 Å². The van der Waals surface area contributed by atoms with E-state index in [1.807, 2.05) is 18.3 Å². The number of nitrogens with zero attached hydrogens (tertiary/aromatic N) is 1. The largest absolute Gasteiger partial charge is 0.486 e. The Bertz CT molecular complexity index is 601. The molecule has 1 unspecified atom stereocenters. The Balaban J connectivity index is 2.22. The van der Waals surface area contributed by atoms with Crippen molar-refractivity contribution in [3.05, 3.63) is 23.9 Å². The highest BCUT2D eigenvalue weighted by Crippen LogP contribution is 2.38. The molecule has 2 aromatic rings. The molecule has 0 radical (unpaired) electrons. The molecular weight excluding hydrogens is 242 g/mol. The SMILES string of the molecule is CCCn1cc(C(C)O)c2cc3c(cc21)OCCO3. The van der Waals surface area contributed by atoms with E-state index in [2.05, 4.69) is 11.5 Å². The number of hydrogen-bond donors (Lipinski definition) is 1. The van der Waals surface area contributed by atoms with Gasteiger partial charge in [-0.15, -0.1) is 0 Å². The summed E-state index contributed by atoms with van der Waals surface area (Å²) in [6.45, 7) is 6.05. The van der Waals surface area contributed by atoms with Crippen molar-refractivity contribution < 1.29 is 14.6 Å². The number of ether oxygens (including phenoxy) is 2. The fourth-order valence-corrected chi connectivity index (χ4v) is 2.61. The molecule has 0 amide bonds. The van der Waals surface area contributed by atoms with Crippen LogP contribution in [0.3, 0.4) is 0 Å². The molecule has 0 aliphatic carbocycles. The predicted octanol–water partition coefficient (Wildman–Crippen LogP) is 2.88. The van der Waals surface area contributed by atoms with Crippen molar-refractivity contribution >= 4 is 10.9 Å². The van der Waals surface area contributed by atoms with Crippen molar-refractivity contribution in [1.29, 1.82) is 0 Å². The van der Waals surface area contributed by atoms with E-state index < -0.39 is 6.10 Å². The van der Waals surface area contributed by atoms with Gasteiger partial charge in [0.25, 0.3) is 0 Å². The Hall–Kier alpha value is -1.68. The van der Waals surface area contributed by atoms with Crippen LogP contribution in [0.5, 0.6) is 11.5 Å². The van der Waals surface area contributed by atoms with Crippen molar-refractivity contribution in [2.75, 3.05) is 13.2 Å². The van der Waals surface area contributed by atoms with E-state index >= 15 is 0 Å². The number of fused-ring (bicyclic) bond motifs is 2. The molecule has 3 rings (SSSR count). The molecule has 1 aliphatic rings. The number of aromatic nitrogens is 1. The molecule has 1 N–H and O–H groups in total. The lowest BCUT2D eigenvalue weighted by molar-refractivity contribution is 0.172. The monoisotopic (exact) mass is 261 g/mol. The Kier molecular flexibility index (Phi) is 3.11. The van der Waals surface area contributed by atoms with E-state index in [9.17, 15) is 5.11 Å². The van der Waals surface area contributed by atoms with Gasteiger partial charge in [0.1, 0.15) is 13.2 Å². The highest BCUT2D eigenvalue weighted by atomic mass is 16.6. The van der Waals surface area contributed by atoms with Crippen molar-refractivity contribution in [2.45, 2.75) is 32.9 Å². The smallest absolute Gasteiger partial charge is 0.163 e. The molecule has 0 saturated carbocycles. The molecule has 1 aliphatic heterocycles. The van der Waals surface area contributed by atoms with Crippen LogP contribution in [0.2, 0.25) is 0 Å². The Labute approximate surface area is 112 Å². The van der Waals surface area contributed by atoms with E-state index in [1.54, 1.807) is 6.92 Å². The zero-order chi connectivity index (χ0) is 13.4. The maximum atomic E-state index is 9.92. The van der Waals surface area contributed by atoms with E-state index in [1.165, 1.54) is 0 Å². The molecule has 19 heavy (non-hydrogen) atoms. The van der Waals surface area contributed by atoms with Gasteiger partial charge in [-0.2, -0.15) is 0 Å². The van der Waals surface area contributed by atoms with Gasteiger partial charge in [-0.25, -0.2) is 0 Å². The van der Waals surface area contributed by atoms with Crippen LogP contribution in [0.4, 0.5) is 0 Å². The first kappa shape index (κ1) is 12.4. The summed E-state index contributed by atoms with van der Waals surface area (Å²) in [5, 5.41) is 11.0. The summed E-state index contributed by atoms with van der Waals surface area (Å²) in [7, 11) is 0. The van der Waals surface area contributed by atoms with Crippen molar-refractivity contribution in [3.8, 4) is 11.5 Å². The molecule has 1 aromatic heterocycles. The van der Waals surface area contributed by atoms with Gasteiger partial charge < -0.3 is 19.1 Å². The standard InChI is InChI=1S/C15H19NO3/c1-3-4-16-9-12(10(2)17)11-7-14-15(8-13(11)16)19-6-5-18-14/h7-10,17H,3-6H2,1-2H3. The van der Waals surface area contributed by atoms with Gasteiger partial charge in [-0.1, -0.05) is 6.92 Å². The second-order valence-corrected chi connectivity index (χ2v) is 4.97. The summed E-state index contributed by atoms with van der Waals surface area (Å²) in [4.78, 5) is 0. The van der Waals surface area contributed by atoms with Crippen LogP contribution < -0.4 is 9.47 Å². The van der Waals surface area contributed by atoms with Crippen molar-refractivity contribution in [3.63, 3.8) is 0 Å². The van der Waals surface area contributed by atoms with Gasteiger partial charge in [-0.3, -0.25) is 0 Å². The Morgan fingerprint density at radius 1 is 1.26 bits per heavy atom. The molecule has 0 spiro atoms. The average Bonchev–Trinajstić information content (AvgIpc) is 2.75. The highest BCUT2D eigenvalue weighted by Gasteiger charge is 2.18. The number of aliphatic hydroxyl groups is 1.